The van der Waals surface area contributed by atoms with Gasteiger partial charge < -0.3 is 10.0 Å². The van der Waals surface area contributed by atoms with Crippen molar-refractivity contribution in [1.82, 2.24) is 4.90 Å². The highest BCUT2D eigenvalue weighted by Gasteiger charge is 2.29. The quantitative estimate of drug-likeness (QED) is 0.890. The molecule has 1 N–H and O–H groups in total. The SMILES string of the molecule is Cc1cccc(C(=O)N2CCCC2CC(C)O)c1. The monoisotopic (exact) mass is 247 g/mol. The summed E-state index contributed by atoms with van der Waals surface area (Å²) in [6.07, 6.45) is 2.37. The van der Waals surface area contributed by atoms with E-state index >= 15 is 0 Å². The first-order valence-corrected chi connectivity index (χ1v) is 6.63. The van der Waals surface area contributed by atoms with Crippen LogP contribution < -0.4 is 0 Å². The molecule has 0 bridgehead atoms. The lowest BCUT2D eigenvalue weighted by molar-refractivity contribution is 0.0682. The second kappa shape index (κ2) is 5.53. The fourth-order valence-corrected chi connectivity index (χ4v) is 2.69. The van der Waals surface area contributed by atoms with Crippen LogP contribution in [0.25, 0.3) is 0 Å². The van der Waals surface area contributed by atoms with E-state index in [0.29, 0.717) is 6.42 Å². The van der Waals surface area contributed by atoms with E-state index in [-0.39, 0.29) is 18.1 Å². The van der Waals surface area contributed by atoms with Gasteiger partial charge in [0.1, 0.15) is 0 Å². The van der Waals surface area contributed by atoms with Crippen LogP contribution in [-0.2, 0) is 0 Å². The lowest BCUT2D eigenvalue weighted by Gasteiger charge is -2.25. The standard InChI is InChI=1S/C15H21NO2/c1-11-5-3-6-13(9-11)15(18)16-8-4-7-14(16)10-12(2)17/h3,5-6,9,12,14,17H,4,7-8,10H2,1-2H3. The van der Waals surface area contributed by atoms with Crippen molar-refractivity contribution < 1.29 is 9.90 Å². The van der Waals surface area contributed by atoms with Crippen molar-refractivity contribution in [2.45, 2.75) is 45.3 Å². The van der Waals surface area contributed by atoms with E-state index in [1.165, 1.54) is 0 Å². The molecule has 1 heterocycles. The molecule has 1 fully saturated rings. The number of rotatable bonds is 3. The Balaban J connectivity index is 2.12. The summed E-state index contributed by atoms with van der Waals surface area (Å²) in [5, 5.41) is 9.49. The number of benzene rings is 1. The Kier molecular flexibility index (Phi) is 4.02. The van der Waals surface area contributed by atoms with Gasteiger partial charge in [-0.2, -0.15) is 0 Å². The molecule has 1 aliphatic rings. The number of carbonyl (C=O) groups is 1. The lowest BCUT2D eigenvalue weighted by Crippen LogP contribution is -2.37. The number of nitrogens with zero attached hydrogens (tertiary/aromatic N) is 1. The molecule has 18 heavy (non-hydrogen) atoms. The van der Waals surface area contributed by atoms with Gasteiger partial charge in [-0.1, -0.05) is 17.7 Å². The van der Waals surface area contributed by atoms with Gasteiger partial charge in [0.2, 0.25) is 0 Å². The maximum absolute atomic E-state index is 12.4. The van der Waals surface area contributed by atoms with Crippen molar-refractivity contribution in [2.24, 2.45) is 0 Å². The summed E-state index contributed by atoms with van der Waals surface area (Å²) in [5.41, 5.74) is 1.86. The lowest BCUT2D eigenvalue weighted by atomic mass is 10.1. The summed E-state index contributed by atoms with van der Waals surface area (Å²) in [5.74, 6) is 0.0989. The van der Waals surface area contributed by atoms with Crippen LogP contribution in [-0.4, -0.2) is 34.6 Å². The zero-order chi connectivity index (χ0) is 13.1. The zero-order valence-electron chi connectivity index (χ0n) is 11.1. The summed E-state index contributed by atoms with van der Waals surface area (Å²) in [6.45, 7) is 4.59. The van der Waals surface area contributed by atoms with Crippen molar-refractivity contribution in [1.29, 1.82) is 0 Å². The summed E-state index contributed by atoms with van der Waals surface area (Å²) >= 11 is 0. The molecular weight excluding hydrogens is 226 g/mol. The van der Waals surface area contributed by atoms with Crippen LogP contribution in [0.1, 0.15) is 42.1 Å². The normalized spacial score (nSPS) is 21.1. The summed E-state index contributed by atoms with van der Waals surface area (Å²) in [4.78, 5) is 14.4. The van der Waals surface area contributed by atoms with E-state index in [1.54, 1.807) is 6.92 Å². The predicted molar refractivity (Wildman–Crippen MR) is 71.5 cm³/mol. The predicted octanol–water partition coefficient (Wildman–Crippen LogP) is 2.37. The molecule has 0 aromatic heterocycles. The van der Waals surface area contributed by atoms with Crippen LogP contribution in [0.4, 0.5) is 0 Å². The van der Waals surface area contributed by atoms with E-state index < -0.39 is 0 Å². The Hall–Kier alpha value is -1.35. The topological polar surface area (TPSA) is 40.5 Å². The van der Waals surface area contributed by atoms with Crippen molar-refractivity contribution in [3.63, 3.8) is 0 Å². The molecule has 0 spiro atoms. The maximum atomic E-state index is 12.4. The molecule has 98 valence electrons. The molecule has 1 aliphatic heterocycles. The van der Waals surface area contributed by atoms with Crippen LogP contribution >= 0.6 is 0 Å². The average molecular weight is 247 g/mol. The van der Waals surface area contributed by atoms with Gasteiger partial charge in [0.05, 0.1) is 6.10 Å². The third-order valence-electron chi connectivity index (χ3n) is 3.52. The smallest absolute Gasteiger partial charge is 0.254 e. The van der Waals surface area contributed by atoms with Crippen LogP contribution in [0.3, 0.4) is 0 Å². The van der Waals surface area contributed by atoms with E-state index in [1.807, 2.05) is 36.1 Å². The number of aryl methyl sites for hydroxylation is 1. The molecule has 1 saturated heterocycles. The first-order valence-electron chi connectivity index (χ1n) is 6.63. The second-order valence-electron chi connectivity index (χ2n) is 5.25. The molecule has 2 atom stereocenters. The molecule has 1 amide bonds. The van der Waals surface area contributed by atoms with Gasteiger partial charge in [0.25, 0.3) is 5.91 Å². The van der Waals surface area contributed by atoms with Gasteiger partial charge in [-0.05, 0) is 45.2 Å². The molecule has 3 nitrogen and oxygen atoms in total. The minimum atomic E-state index is -0.346. The number of likely N-dealkylation sites (tertiary alicyclic amines) is 1. The molecule has 1 aromatic carbocycles. The maximum Gasteiger partial charge on any atom is 0.254 e. The minimum absolute atomic E-state index is 0.0989. The van der Waals surface area contributed by atoms with Crippen LogP contribution in [0, 0.1) is 6.92 Å². The minimum Gasteiger partial charge on any atom is -0.393 e. The summed E-state index contributed by atoms with van der Waals surface area (Å²) in [7, 11) is 0. The highest BCUT2D eigenvalue weighted by atomic mass is 16.3. The molecule has 0 radical (unpaired) electrons. The Morgan fingerprint density at radius 3 is 3.00 bits per heavy atom. The number of aliphatic hydroxyl groups is 1. The first-order chi connectivity index (χ1) is 8.58. The van der Waals surface area contributed by atoms with Crippen LogP contribution in [0.2, 0.25) is 0 Å². The average Bonchev–Trinajstić information content (AvgIpc) is 2.75. The largest absolute Gasteiger partial charge is 0.393 e. The van der Waals surface area contributed by atoms with E-state index in [0.717, 1.165) is 30.5 Å². The molecule has 3 heteroatoms. The van der Waals surface area contributed by atoms with Crippen molar-refractivity contribution in [3.05, 3.63) is 35.4 Å². The summed E-state index contributed by atoms with van der Waals surface area (Å²) < 4.78 is 0. The highest BCUT2D eigenvalue weighted by molar-refractivity contribution is 5.94. The number of amides is 1. The van der Waals surface area contributed by atoms with Crippen LogP contribution in [0.15, 0.2) is 24.3 Å². The highest BCUT2D eigenvalue weighted by Crippen LogP contribution is 2.23. The second-order valence-corrected chi connectivity index (χ2v) is 5.25. The molecule has 1 aromatic rings. The molecule has 0 aliphatic carbocycles. The Morgan fingerprint density at radius 1 is 1.56 bits per heavy atom. The van der Waals surface area contributed by atoms with Gasteiger partial charge in [-0.25, -0.2) is 0 Å². The third-order valence-corrected chi connectivity index (χ3v) is 3.52. The fraction of sp³-hybridized carbons (Fsp3) is 0.533. The van der Waals surface area contributed by atoms with Crippen molar-refractivity contribution in [2.75, 3.05) is 6.54 Å². The van der Waals surface area contributed by atoms with Crippen LogP contribution in [0.5, 0.6) is 0 Å². The summed E-state index contributed by atoms with van der Waals surface area (Å²) in [6, 6.07) is 7.90. The first kappa shape index (κ1) is 13.1. The van der Waals surface area contributed by atoms with E-state index in [4.69, 9.17) is 0 Å². The molecule has 2 rings (SSSR count). The van der Waals surface area contributed by atoms with Gasteiger partial charge >= 0.3 is 0 Å². The Labute approximate surface area is 108 Å². The number of aliphatic hydroxyl groups excluding tert-OH is 1. The van der Waals surface area contributed by atoms with Gasteiger partial charge in [0.15, 0.2) is 0 Å². The van der Waals surface area contributed by atoms with Gasteiger partial charge in [-0.15, -0.1) is 0 Å². The molecule has 0 saturated carbocycles. The molecular formula is C15H21NO2. The zero-order valence-corrected chi connectivity index (χ0v) is 11.1. The van der Waals surface area contributed by atoms with E-state index in [9.17, 15) is 9.90 Å². The Bertz CT molecular complexity index is 428. The van der Waals surface area contributed by atoms with Crippen molar-refractivity contribution >= 4 is 5.91 Å². The Morgan fingerprint density at radius 2 is 2.33 bits per heavy atom. The fourth-order valence-electron chi connectivity index (χ4n) is 2.69. The van der Waals surface area contributed by atoms with E-state index in [2.05, 4.69) is 0 Å². The number of hydrogen-bond donors (Lipinski definition) is 1. The van der Waals surface area contributed by atoms with Crippen molar-refractivity contribution in [3.8, 4) is 0 Å². The number of hydrogen-bond acceptors (Lipinski definition) is 2. The van der Waals surface area contributed by atoms with Gasteiger partial charge in [0, 0.05) is 18.2 Å². The van der Waals surface area contributed by atoms with Gasteiger partial charge in [-0.3, -0.25) is 4.79 Å². The third kappa shape index (κ3) is 2.91. The molecule has 2 unspecified atom stereocenters. The number of carbonyl (C=O) groups excluding carboxylic acids is 1.